The van der Waals surface area contributed by atoms with Crippen LogP contribution in [0.3, 0.4) is 0 Å². The van der Waals surface area contributed by atoms with Crippen LogP contribution in [0.4, 0.5) is 10.5 Å². The average Bonchev–Trinajstić information content (AvgIpc) is 3.47. The summed E-state index contributed by atoms with van der Waals surface area (Å²) in [6.07, 6.45) is 6.89. The maximum absolute atomic E-state index is 13.5. The molecule has 4 heterocycles. The molecule has 5 rings (SSSR count). The Kier molecular flexibility index (Phi) is 5.70. The second kappa shape index (κ2) is 8.78. The zero-order valence-electron chi connectivity index (χ0n) is 17.6. The number of carbonyl (C=O) groups excluding carboxylic acids is 2. The van der Waals surface area contributed by atoms with Crippen molar-refractivity contribution < 1.29 is 9.59 Å². The predicted octanol–water partition coefficient (Wildman–Crippen LogP) is 4.22. The fourth-order valence-electron chi connectivity index (χ4n) is 4.68. The number of urea groups is 1. The number of aromatic amines is 1. The van der Waals surface area contributed by atoms with Crippen LogP contribution in [-0.4, -0.2) is 56.3 Å². The standard InChI is InChI=1S/C23H25ClN6O2/c24-16-5-7-17(8-6-16)26-23(32)29-11-1-3-15(14-29)22(31)30-12-2-4-20(30)21-27-18-9-10-25-13-19(18)28-21/h5-10,13,15,20H,1-4,11-12,14H2,(H,26,32)(H,27,28). The van der Waals surface area contributed by atoms with Crippen molar-refractivity contribution in [1.29, 1.82) is 0 Å². The quantitative estimate of drug-likeness (QED) is 0.622. The van der Waals surface area contributed by atoms with E-state index in [0.717, 1.165) is 42.5 Å². The lowest BCUT2D eigenvalue weighted by atomic mass is 9.96. The third kappa shape index (κ3) is 4.14. The Morgan fingerprint density at radius 1 is 1.09 bits per heavy atom. The van der Waals surface area contributed by atoms with Gasteiger partial charge in [-0.05, 0) is 56.0 Å². The van der Waals surface area contributed by atoms with E-state index in [2.05, 4.69) is 15.3 Å². The van der Waals surface area contributed by atoms with E-state index >= 15 is 0 Å². The Bertz CT molecular complexity index is 1100. The molecule has 166 valence electrons. The van der Waals surface area contributed by atoms with Crippen molar-refractivity contribution in [3.05, 3.63) is 53.6 Å². The highest BCUT2D eigenvalue weighted by Crippen LogP contribution is 2.34. The van der Waals surface area contributed by atoms with Crippen LogP contribution in [0.15, 0.2) is 42.7 Å². The van der Waals surface area contributed by atoms with Crippen molar-refractivity contribution in [3.63, 3.8) is 0 Å². The van der Waals surface area contributed by atoms with Gasteiger partial charge in [-0.1, -0.05) is 11.6 Å². The van der Waals surface area contributed by atoms with Crippen molar-refractivity contribution >= 4 is 40.3 Å². The van der Waals surface area contributed by atoms with Gasteiger partial charge >= 0.3 is 6.03 Å². The molecular formula is C23H25ClN6O2. The topological polar surface area (TPSA) is 94.2 Å². The number of imidazole rings is 1. The monoisotopic (exact) mass is 452 g/mol. The van der Waals surface area contributed by atoms with Gasteiger partial charge in [-0.3, -0.25) is 9.78 Å². The van der Waals surface area contributed by atoms with E-state index in [0.29, 0.717) is 30.3 Å². The summed E-state index contributed by atoms with van der Waals surface area (Å²) in [4.78, 5) is 42.1. The number of pyridine rings is 1. The van der Waals surface area contributed by atoms with E-state index in [1.54, 1.807) is 41.6 Å². The number of hydrogen-bond donors (Lipinski definition) is 2. The van der Waals surface area contributed by atoms with Crippen LogP contribution < -0.4 is 5.32 Å². The van der Waals surface area contributed by atoms with E-state index in [9.17, 15) is 9.59 Å². The molecule has 0 radical (unpaired) electrons. The largest absolute Gasteiger partial charge is 0.339 e. The summed E-state index contributed by atoms with van der Waals surface area (Å²) < 4.78 is 0. The molecule has 2 aliphatic rings. The summed E-state index contributed by atoms with van der Waals surface area (Å²) in [7, 11) is 0. The molecule has 0 spiro atoms. The average molecular weight is 453 g/mol. The van der Waals surface area contributed by atoms with Crippen molar-refractivity contribution in [1.82, 2.24) is 24.8 Å². The fourth-order valence-corrected chi connectivity index (χ4v) is 4.81. The first-order valence-corrected chi connectivity index (χ1v) is 11.4. The highest BCUT2D eigenvalue weighted by Gasteiger charge is 2.37. The van der Waals surface area contributed by atoms with Gasteiger partial charge in [0.1, 0.15) is 5.82 Å². The predicted molar refractivity (Wildman–Crippen MR) is 122 cm³/mol. The molecular weight excluding hydrogens is 428 g/mol. The first kappa shape index (κ1) is 20.8. The third-order valence-corrected chi connectivity index (χ3v) is 6.56. The lowest BCUT2D eigenvalue weighted by Gasteiger charge is -2.35. The number of hydrogen-bond acceptors (Lipinski definition) is 4. The first-order valence-electron chi connectivity index (χ1n) is 11.0. The Morgan fingerprint density at radius 3 is 2.72 bits per heavy atom. The molecule has 2 aromatic heterocycles. The van der Waals surface area contributed by atoms with Crippen molar-refractivity contribution in [3.8, 4) is 0 Å². The van der Waals surface area contributed by atoms with E-state index < -0.39 is 0 Å². The summed E-state index contributed by atoms with van der Waals surface area (Å²) in [5, 5.41) is 3.52. The minimum Gasteiger partial charge on any atom is -0.339 e. The van der Waals surface area contributed by atoms with Gasteiger partial charge in [-0.2, -0.15) is 0 Å². The molecule has 9 heteroatoms. The van der Waals surface area contributed by atoms with Crippen molar-refractivity contribution in [2.24, 2.45) is 5.92 Å². The number of anilines is 1. The molecule has 8 nitrogen and oxygen atoms in total. The molecule has 3 aromatic rings. The maximum atomic E-state index is 13.5. The smallest absolute Gasteiger partial charge is 0.321 e. The SMILES string of the molecule is O=C(Nc1ccc(Cl)cc1)N1CCCC(C(=O)N2CCCC2c2nc3ccncc3[nH]2)C1. The molecule has 2 saturated heterocycles. The number of piperidine rings is 1. The van der Waals surface area contributed by atoms with E-state index in [-0.39, 0.29) is 23.9 Å². The van der Waals surface area contributed by atoms with Gasteiger partial charge < -0.3 is 20.1 Å². The first-order chi connectivity index (χ1) is 15.6. The van der Waals surface area contributed by atoms with Crippen molar-refractivity contribution in [2.75, 3.05) is 25.0 Å². The van der Waals surface area contributed by atoms with Gasteiger partial charge in [-0.15, -0.1) is 0 Å². The summed E-state index contributed by atoms with van der Waals surface area (Å²) in [6.45, 7) is 1.78. The van der Waals surface area contributed by atoms with Gasteiger partial charge in [0.05, 0.1) is 29.2 Å². The maximum Gasteiger partial charge on any atom is 0.321 e. The van der Waals surface area contributed by atoms with Gasteiger partial charge in [-0.25, -0.2) is 9.78 Å². The van der Waals surface area contributed by atoms with Gasteiger partial charge in [0.15, 0.2) is 0 Å². The number of fused-ring (bicyclic) bond motifs is 1. The molecule has 32 heavy (non-hydrogen) atoms. The second-order valence-corrected chi connectivity index (χ2v) is 8.86. The Morgan fingerprint density at radius 2 is 1.91 bits per heavy atom. The van der Waals surface area contributed by atoms with E-state index in [1.807, 2.05) is 11.0 Å². The van der Waals surface area contributed by atoms with Crippen LogP contribution in [0.25, 0.3) is 11.0 Å². The van der Waals surface area contributed by atoms with Crippen LogP contribution in [0.1, 0.15) is 37.5 Å². The summed E-state index contributed by atoms with van der Waals surface area (Å²) in [5.41, 5.74) is 2.42. The second-order valence-electron chi connectivity index (χ2n) is 8.43. The number of H-pyrrole nitrogens is 1. The molecule has 2 fully saturated rings. The van der Waals surface area contributed by atoms with Gasteiger partial charge in [0.25, 0.3) is 0 Å². The Labute approximate surface area is 191 Å². The van der Waals surface area contributed by atoms with Crippen LogP contribution in [-0.2, 0) is 4.79 Å². The number of aromatic nitrogens is 3. The van der Waals surface area contributed by atoms with Crippen LogP contribution in [0, 0.1) is 5.92 Å². The van der Waals surface area contributed by atoms with Gasteiger partial charge in [0, 0.05) is 36.5 Å². The van der Waals surface area contributed by atoms with Crippen LogP contribution in [0.5, 0.6) is 0 Å². The molecule has 2 atom stereocenters. The number of benzene rings is 1. The molecule has 0 bridgehead atoms. The van der Waals surface area contributed by atoms with E-state index in [4.69, 9.17) is 16.6 Å². The molecule has 3 amide bonds. The van der Waals surface area contributed by atoms with Crippen LogP contribution >= 0.6 is 11.6 Å². The molecule has 0 saturated carbocycles. The lowest BCUT2D eigenvalue weighted by molar-refractivity contribution is -0.138. The highest BCUT2D eigenvalue weighted by atomic mass is 35.5. The molecule has 2 N–H and O–H groups in total. The number of likely N-dealkylation sites (tertiary alicyclic amines) is 2. The normalized spacial score (nSPS) is 21.2. The minimum atomic E-state index is -0.202. The van der Waals surface area contributed by atoms with Gasteiger partial charge in [0.2, 0.25) is 5.91 Å². The number of halogens is 1. The zero-order chi connectivity index (χ0) is 22.1. The Hall–Kier alpha value is -3.13. The number of rotatable bonds is 3. The molecule has 2 aliphatic heterocycles. The Balaban J connectivity index is 1.26. The number of nitrogens with zero attached hydrogens (tertiary/aromatic N) is 4. The number of carbonyl (C=O) groups is 2. The van der Waals surface area contributed by atoms with Crippen LogP contribution in [0.2, 0.25) is 5.02 Å². The minimum absolute atomic E-state index is 0.0619. The zero-order valence-corrected chi connectivity index (χ0v) is 18.4. The lowest BCUT2D eigenvalue weighted by Crippen LogP contribution is -2.47. The fraction of sp³-hybridized carbons (Fsp3) is 0.391. The molecule has 2 unspecified atom stereocenters. The third-order valence-electron chi connectivity index (χ3n) is 6.31. The number of amides is 3. The summed E-state index contributed by atoms with van der Waals surface area (Å²) in [5.74, 6) is 0.716. The summed E-state index contributed by atoms with van der Waals surface area (Å²) >= 11 is 5.92. The van der Waals surface area contributed by atoms with E-state index in [1.165, 1.54) is 0 Å². The molecule has 0 aliphatic carbocycles. The summed E-state index contributed by atoms with van der Waals surface area (Å²) in [6, 6.07) is 8.63. The number of nitrogens with one attached hydrogen (secondary N) is 2. The molecule has 1 aromatic carbocycles. The highest BCUT2D eigenvalue weighted by molar-refractivity contribution is 6.30. The van der Waals surface area contributed by atoms with Crippen molar-refractivity contribution in [2.45, 2.75) is 31.7 Å².